The van der Waals surface area contributed by atoms with Crippen molar-refractivity contribution < 1.29 is 0 Å². The minimum absolute atomic E-state index is 0.130. The molecule has 0 aliphatic rings. The smallest absolute Gasteiger partial charge is 0.270 e. The number of nitrogens with one attached hydrogen (secondary N) is 1. The Kier molecular flexibility index (Phi) is 4.48. The second kappa shape index (κ2) is 6.12. The molecular weight excluding hydrogens is 248 g/mol. The molecule has 0 unspecified atom stereocenters. The summed E-state index contributed by atoms with van der Waals surface area (Å²) in [7, 11) is 0. The quantitative estimate of drug-likeness (QED) is 0.875. The van der Waals surface area contributed by atoms with Gasteiger partial charge in [0.1, 0.15) is 0 Å². The third-order valence-corrected chi connectivity index (χ3v) is 3.61. The molecular formula is C17H24N2O. The average Bonchev–Trinajstić information content (AvgIpc) is 2.74. The lowest BCUT2D eigenvalue weighted by Gasteiger charge is -2.05. The van der Waals surface area contributed by atoms with Gasteiger partial charge in [0, 0.05) is 17.2 Å². The molecule has 0 aliphatic carbocycles. The zero-order valence-electron chi connectivity index (χ0n) is 12.9. The number of H-pyrrole nitrogens is 1. The number of unbranched alkanes of at least 4 members (excludes halogenated alkanes) is 1. The summed E-state index contributed by atoms with van der Waals surface area (Å²) in [6, 6.07) is 8.47. The Bertz CT molecular complexity index is 635. The van der Waals surface area contributed by atoms with Crippen LogP contribution in [0.3, 0.4) is 0 Å². The molecule has 0 amide bonds. The maximum Gasteiger partial charge on any atom is 0.270 e. The highest BCUT2D eigenvalue weighted by Crippen LogP contribution is 2.23. The number of nitrogens with zero attached hydrogens (tertiary/aromatic N) is 1. The van der Waals surface area contributed by atoms with E-state index < -0.39 is 0 Å². The van der Waals surface area contributed by atoms with Gasteiger partial charge in [-0.15, -0.1) is 0 Å². The molecule has 1 N–H and O–H groups in total. The first-order valence-corrected chi connectivity index (χ1v) is 7.45. The zero-order valence-corrected chi connectivity index (χ0v) is 12.9. The van der Waals surface area contributed by atoms with Gasteiger partial charge in [-0.2, -0.15) is 0 Å². The Morgan fingerprint density at radius 3 is 2.65 bits per heavy atom. The number of aromatic amines is 1. The van der Waals surface area contributed by atoms with Crippen LogP contribution in [0.15, 0.2) is 29.1 Å². The molecule has 108 valence electrons. The molecule has 0 fully saturated rings. The molecule has 1 aromatic heterocycles. The predicted molar refractivity (Wildman–Crippen MR) is 84.2 cm³/mol. The van der Waals surface area contributed by atoms with Crippen LogP contribution in [0, 0.1) is 6.92 Å². The van der Waals surface area contributed by atoms with Crippen LogP contribution in [0.5, 0.6) is 0 Å². The first kappa shape index (κ1) is 14.6. The first-order valence-electron chi connectivity index (χ1n) is 7.45. The van der Waals surface area contributed by atoms with Crippen molar-refractivity contribution in [3.05, 3.63) is 45.7 Å². The van der Waals surface area contributed by atoms with Crippen molar-refractivity contribution in [2.45, 2.75) is 53.0 Å². The van der Waals surface area contributed by atoms with E-state index in [1.807, 2.05) is 19.9 Å². The summed E-state index contributed by atoms with van der Waals surface area (Å²) in [6.45, 7) is 8.29. The monoisotopic (exact) mass is 272 g/mol. The number of hydrogen-bond donors (Lipinski definition) is 1. The van der Waals surface area contributed by atoms with Crippen molar-refractivity contribution in [3.8, 4) is 11.3 Å². The lowest BCUT2D eigenvalue weighted by molar-refractivity contribution is 0.517. The molecule has 20 heavy (non-hydrogen) atoms. The summed E-state index contributed by atoms with van der Waals surface area (Å²) in [6.07, 6.45) is 2.98. The van der Waals surface area contributed by atoms with Crippen LogP contribution >= 0.6 is 0 Å². The molecule has 0 aliphatic heterocycles. The van der Waals surface area contributed by atoms with E-state index in [1.165, 1.54) is 5.56 Å². The molecule has 3 heteroatoms. The fourth-order valence-corrected chi connectivity index (χ4v) is 2.48. The SMILES string of the molecule is CCCCc1c(-c2cccc(C)c2)[nH]n(C(C)C)c1=O. The van der Waals surface area contributed by atoms with Crippen LogP contribution in [-0.4, -0.2) is 9.78 Å². The summed E-state index contributed by atoms with van der Waals surface area (Å²) in [5.74, 6) is 0. The van der Waals surface area contributed by atoms with Crippen molar-refractivity contribution in [1.29, 1.82) is 0 Å². The molecule has 0 radical (unpaired) electrons. The second-order valence-electron chi connectivity index (χ2n) is 5.71. The molecule has 2 rings (SSSR count). The Labute approximate surface area is 120 Å². The van der Waals surface area contributed by atoms with E-state index in [9.17, 15) is 4.79 Å². The number of rotatable bonds is 5. The topological polar surface area (TPSA) is 37.8 Å². The summed E-state index contributed by atoms with van der Waals surface area (Å²) in [5.41, 5.74) is 4.35. The van der Waals surface area contributed by atoms with E-state index in [0.717, 1.165) is 36.1 Å². The second-order valence-corrected chi connectivity index (χ2v) is 5.71. The van der Waals surface area contributed by atoms with Gasteiger partial charge >= 0.3 is 0 Å². The zero-order chi connectivity index (χ0) is 14.7. The lowest BCUT2D eigenvalue weighted by Crippen LogP contribution is -2.20. The normalized spacial score (nSPS) is 11.2. The molecule has 0 saturated carbocycles. The van der Waals surface area contributed by atoms with Crippen molar-refractivity contribution in [1.82, 2.24) is 9.78 Å². The molecule has 3 nitrogen and oxygen atoms in total. The van der Waals surface area contributed by atoms with E-state index in [1.54, 1.807) is 4.68 Å². The Balaban J connectivity index is 2.56. The molecule has 2 aromatic rings. The number of hydrogen-bond acceptors (Lipinski definition) is 1. The fraction of sp³-hybridized carbons (Fsp3) is 0.471. The number of aromatic nitrogens is 2. The minimum Gasteiger partial charge on any atom is -0.294 e. The summed E-state index contributed by atoms with van der Waals surface area (Å²) in [4.78, 5) is 12.5. The molecule has 0 atom stereocenters. The van der Waals surface area contributed by atoms with Gasteiger partial charge in [0.25, 0.3) is 5.56 Å². The largest absolute Gasteiger partial charge is 0.294 e. The van der Waals surface area contributed by atoms with Crippen LogP contribution in [0.1, 0.15) is 50.8 Å². The van der Waals surface area contributed by atoms with Gasteiger partial charge in [0.15, 0.2) is 0 Å². The van der Waals surface area contributed by atoms with Gasteiger partial charge in [-0.1, -0.05) is 37.1 Å². The van der Waals surface area contributed by atoms with Gasteiger partial charge in [-0.3, -0.25) is 9.89 Å². The van der Waals surface area contributed by atoms with Gasteiger partial charge in [0.2, 0.25) is 0 Å². The van der Waals surface area contributed by atoms with Crippen molar-refractivity contribution in [2.24, 2.45) is 0 Å². The summed E-state index contributed by atoms with van der Waals surface area (Å²) >= 11 is 0. The van der Waals surface area contributed by atoms with Gasteiger partial charge in [-0.05, 0) is 39.7 Å². The average molecular weight is 272 g/mol. The predicted octanol–water partition coefficient (Wildman–Crippen LogP) is 4.08. The standard InChI is InChI=1S/C17H24N2O/c1-5-6-10-15-16(14-9-7-8-13(4)11-14)18-19(12(2)3)17(15)20/h7-9,11-12,18H,5-6,10H2,1-4H3. The Hall–Kier alpha value is -1.77. The highest BCUT2D eigenvalue weighted by Gasteiger charge is 2.16. The molecule has 1 aromatic carbocycles. The third kappa shape index (κ3) is 2.87. The first-order chi connectivity index (χ1) is 9.54. The maximum atomic E-state index is 12.5. The number of aryl methyl sites for hydroxylation is 1. The minimum atomic E-state index is 0.130. The van der Waals surface area contributed by atoms with Gasteiger partial charge < -0.3 is 0 Å². The third-order valence-electron chi connectivity index (χ3n) is 3.61. The molecule has 0 bridgehead atoms. The van der Waals surface area contributed by atoms with Crippen molar-refractivity contribution in [2.75, 3.05) is 0 Å². The van der Waals surface area contributed by atoms with Crippen LogP contribution in [0.25, 0.3) is 11.3 Å². The van der Waals surface area contributed by atoms with Crippen molar-refractivity contribution in [3.63, 3.8) is 0 Å². The van der Waals surface area contributed by atoms with Gasteiger partial charge in [0.05, 0.1) is 5.69 Å². The Morgan fingerprint density at radius 2 is 2.05 bits per heavy atom. The molecule has 0 saturated heterocycles. The molecule has 1 heterocycles. The van der Waals surface area contributed by atoms with E-state index >= 15 is 0 Å². The van der Waals surface area contributed by atoms with Crippen LogP contribution in [0.2, 0.25) is 0 Å². The molecule has 0 spiro atoms. The summed E-state index contributed by atoms with van der Waals surface area (Å²) < 4.78 is 1.74. The lowest BCUT2D eigenvalue weighted by atomic mass is 10.0. The maximum absolute atomic E-state index is 12.5. The van der Waals surface area contributed by atoms with Gasteiger partial charge in [-0.25, -0.2) is 4.68 Å². The van der Waals surface area contributed by atoms with Crippen molar-refractivity contribution >= 4 is 0 Å². The Morgan fingerprint density at radius 1 is 1.30 bits per heavy atom. The fourth-order valence-electron chi connectivity index (χ4n) is 2.48. The summed E-state index contributed by atoms with van der Waals surface area (Å²) in [5, 5.41) is 3.31. The highest BCUT2D eigenvalue weighted by molar-refractivity contribution is 5.63. The van der Waals surface area contributed by atoms with Crippen LogP contribution < -0.4 is 5.56 Å². The van der Waals surface area contributed by atoms with Crippen LogP contribution in [-0.2, 0) is 6.42 Å². The van der Waals surface area contributed by atoms with E-state index in [0.29, 0.717) is 0 Å². The highest BCUT2D eigenvalue weighted by atomic mass is 16.1. The van der Waals surface area contributed by atoms with Crippen LogP contribution in [0.4, 0.5) is 0 Å². The van der Waals surface area contributed by atoms with E-state index in [2.05, 4.69) is 37.1 Å². The van der Waals surface area contributed by atoms with E-state index in [-0.39, 0.29) is 11.6 Å². The number of benzene rings is 1. The van der Waals surface area contributed by atoms with E-state index in [4.69, 9.17) is 0 Å².